The summed E-state index contributed by atoms with van der Waals surface area (Å²) < 4.78 is 0. The Morgan fingerprint density at radius 3 is 2.76 bits per heavy atom. The summed E-state index contributed by atoms with van der Waals surface area (Å²) in [5, 5.41) is 10.1. The highest BCUT2D eigenvalue weighted by Gasteiger charge is 2.07. The third kappa shape index (κ3) is 7.32. The van der Waals surface area contributed by atoms with Crippen LogP contribution >= 0.6 is 35.3 Å². The Hall–Kier alpha value is -1.15. The zero-order valence-electron chi connectivity index (χ0n) is 15.5. The van der Waals surface area contributed by atoms with Crippen LogP contribution in [0.2, 0.25) is 0 Å². The Morgan fingerprint density at radius 1 is 1.32 bits per heavy atom. The van der Waals surface area contributed by atoms with Crippen LogP contribution in [0.1, 0.15) is 41.6 Å². The quantitative estimate of drug-likeness (QED) is 0.362. The molecule has 0 saturated carbocycles. The lowest BCUT2D eigenvalue weighted by atomic mass is 9.99. The van der Waals surface area contributed by atoms with Crippen molar-refractivity contribution < 1.29 is 0 Å². The molecular weight excluding hydrogens is 443 g/mol. The first-order chi connectivity index (χ1) is 11.6. The van der Waals surface area contributed by atoms with Crippen molar-refractivity contribution in [3.63, 3.8) is 0 Å². The average Bonchev–Trinajstić information content (AvgIpc) is 3.05. The van der Waals surface area contributed by atoms with Crippen molar-refractivity contribution in [1.29, 1.82) is 0 Å². The molecule has 0 spiro atoms. The van der Waals surface area contributed by atoms with Gasteiger partial charge < -0.3 is 10.6 Å². The van der Waals surface area contributed by atoms with E-state index in [1.165, 1.54) is 16.1 Å². The number of guanidine groups is 1. The van der Waals surface area contributed by atoms with Gasteiger partial charge in [0.15, 0.2) is 5.96 Å². The Balaban J connectivity index is 0.00000312. The first-order valence-corrected chi connectivity index (χ1v) is 9.44. The number of hydrogen-bond donors (Lipinski definition) is 2. The monoisotopic (exact) mass is 472 g/mol. The molecule has 1 aromatic heterocycles. The first-order valence-electron chi connectivity index (χ1n) is 8.56. The minimum absolute atomic E-state index is 0. The minimum atomic E-state index is 0. The second-order valence-corrected chi connectivity index (χ2v) is 6.97. The van der Waals surface area contributed by atoms with E-state index < -0.39 is 0 Å². The third-order valence-electron chi connectivity index (χ3n) is 3.99. The lowest BCUT2D eigenvalue weighted by Crippen LogP contribution is -2.39. The number of aryl methyl sites for hydroxylation is 2. The normalized spacial score (nSPS) is 12.4. The van der Waals surface area contributed by atoms with E-state index >= 15 is 0 Å². The van der Waals surface area contributed by atoms with Gasteiger partial charge in [-0.1, -0.05) is 43.7 Å². The van der Waals surface area contributed by atoms with Crippen LogP contribution in [0.3, 0.4) is 0 Å². The second kappa shape index (κ2) is 11.5. The van der Waals surface area contributed by atoms with Crippen LogP contribution in [-0.2, 0) is 12.8 Å². The van der Waals surface area contributed by atoms with E-state index in [2.05, 4.69) is 71.0 Å². The van der Waals surface area contributed by atoms with Crippen LogP contribution in [0, 0.1) is 6.92 Å². The molecule has 0 fully saturated rings. The molecule has 25 heavy (non-hydrogen) atoms. The van der Waals surface area contributed by atoms with Gasteiger partial charge in [-0.3, -0.25) is 4.99 Å². The topological polar surface area (TPSA) is 49.3 Å². The molecule has 4 nitrogen and oxygen atoms in total. The van der Waals surface area contributed by atoms with E-state index in [1.54, 1.807) is 11.3 Å². The molecule has 2 aromatic rings. The molecule has 2 rings (SSSR count). The maximum Gasteiger partial charge on any atom is 0.191 e. The zero-order chi connectivity index (χ0) is 17.4. The van der Waals surface area contributed by atoms with E-state index in [0.29, 0.717) is 5.92 Å². The molecule has 1 unspecified atom stereocenters. The van der Waals surface area contributed by atoms with Crippen molar-refractivity contribution in [3.05, 3.63) is 51.5 Å². The molecule has 1 aromatic carbocycles. The summed E-state index contributed by atoms with van der Waals surface area (Å²) in [5.41, 5.74) is 3.82. The van der Waals surface area contributed by atoms with E-state index in [9.17, 15) is 0 Å². The third-order valence-corrected chi connectivity index (χ3v) is 5.03. The number of aromatic nitrogens is 1. The van der Waals surface area contributed by atoms with Gasteiger partial charge >= 0.3 is 0 Å². The fraction of sp³-hybridized carbons (Fsp3) is 0.474. The molecule has 138 valence electrons. The zero-order valence-corrected chi connectivity index (χ0v) is 18.7. The number of hydrogen-bond acceptors (Lipinski definition) is 3. The molecule has 1 heterocycles. The van der Waals surface area contributed by atoms with Gasteiger partial charge in [0, 0.05) is 31.9 Å². The maximum atomic E-state index is 4.59. The van der Waals surface area contributed by atoms with Gasteiger partial charge in [-0.25, -0.2) is 4.98 Å². The van der Waals surface area contributed by atoms with Gasteiger partial charge in [0.2, 0.25) is 0 Å². The molecule has 1 atom stereocenters. The van der Waals surface area contributed by atoms with Gasteiger partial charge in [-0.05, 0) is 24.8 Å². The lowest BCUT2D eigenvalue weighted by Gasteiger charge is -2.16. The summed E-state index contributed by atoms with van der Waals surface area (Å²) in [6.45, 7) is 8.20. The van der Waals surface area contributed by atoms with Crippen molar-refractivity contribution in [2.75, 3.05) is 20.1 Å². The van der Waals surface area contributed by atoms with E-state index in [-0.39, 0.29) is 24.0 Å². The van der Waals surface area contributed by atoms with E-state index in [0.717, 1.165) is 37.6 Å². The minimum Gasteiger partial charge on any atom is -0.356 e. The van der Waals surface area contributed by atoms with Gasteiger partial charge in [-0.2, -0.15) is 0 Å². The summed E-state index contributed by atoms with van der Waals surface area (Å²) in [4.78, 5) is 8.89. The SMILES string of the molecule is CCc1nc(CCNC(=NC)NCC(C)c2cccc(C)c2)cs1.I. The standard InChI is InChI=1S/C19H28N4S.HI/c1-5-18-23-17(13-24-18)9-10-21-19(20-4)22-12-15(3)16-8-6-7-14(2)11-16;/h6-8,11,13,15H,5,9-10,12H2,1-4H3,(H2,20,21,22);1H. The van der Waals surface area contributed by atoms with Gasteiger partial charge in [-0.15, -0.1) is 35.3 Å². The highest BCUT2D eigenvalue weighted by molar-refractivity contribution is 14.0. The van der Waals surface area contributed by atoms with E-state index in [1.807, 2.05) is 7.05 Å². The molecule has 0 saturated heterocycles. The predicted octanol–water partition coefficient (Wildman–Crippen LogP) is 4.14. The van der Waals surface area contributed by atoms with Gasteiger partial charge in [0.1, 0.15) is 0 Å². The molecule has 0 bridgehead atoms. The van der Waals surface area contributed by atoms with Crippen molar-refractivity contribution in [3.8, 4) is 0 Å². The molecule has 0 aliphatic rings. The summed E-state index contributed by atoms with van der Waals surface area (Å²) in [6, 6.07) is 8.68. The predicted molar refractivity (Wildman–Crippen MR) is 120 cm³/mol. The van der Waals surface area contributed by atoms with Crippen LogP contribution in [0.4, 0.5) is 0 Å². The largest absolute Gasteiger partial charge is 0.356 e. The fourth-order valence-corrected chi connectivity index (χ4v) is 3.28. The number of nitrogens with zero attached hydrogens (tertiary/aromatic N) is 2. The lowest BCUT2D eigenvalue weighted by molar-refractivity contribution is 0.696. The molecule has 0 aliphatic heterocycles. The molecule has 2 N–H and O–H groups in total. The number of nitrogens with one attached hydrogen (secondary N) is 2. The number of halogens is 1. The molecular formula is C19H29IN4S. The van der Waals surface area contributed by atoms with Crippen LogP contribution in [-0.4, -0.2) is 31.1 Å². The number of thiazole rings is 1. The van der Waals surface area contributed by atoms with Crippen LogP contribution in [0.5, 0.6) is 0 Å². The number of benzene rings is 1. The highest BCUT2D eigenvalue weighted by atomic mass is 127. The Labute approximate surface area is 172 Å². The average molecular weight is 472 g/mol. The van der Waals surface area contributed by atoms with Crippen molar-refractivity contribution >= 4 is 41.3 Å². The first kappa shape index (κ1) is 21.9. The summed E-state index contributed by atoms with van der Waals surface area (Å²) in [6.07, 6.45) is 1.93. The van der Waals surface area contributed by atoms with Crippen LogP contribution in [0.15, 0.2) is 34.6 Å². The van der Waals surface area contributed by atoms with Crippen LogP contribution < -0.4 is 10.6 Å². The molecule has 0 amide bonds. The van der Waals surface area contributed by atoms with Gasteiger partial charge in [0.25, 0.3) is 0 Å². The second-order valence-electron chi connectivity index (χ2n) is 6.03. The smallest absolute Gasteiger partial charge is 0.191 e. The van der Waals surface area contributed by atoms with Crippen LogP contribution in [0.25, 0.3) is 0 Å². The van der Waals surface area contributed by atoms with Gasteiger partial charge in [0.05, 0.1) is 10.7 Å². The summed E-state index contributed by atoms with van der Waals surface area (Å²) in [5.74, 6) is 1.29. The Morgan fingerprint density at radius 2 is 2.12 bits per heavy atom. The van der Waals surface area contributed by atoms with Crippen molar-refractivity contribution in [2.45, 2.75) is 39.5 Å². The number of aliphatic imine (C=N–C) groups is 1. The van der Waals surface area contributed by atoms with E-state index in [4.69, 9.17) is 0 Å². The molecule has 6 heteroatoms. The highest BCUT2D eigenvalue weighted by Crippen LogP contribution is 2.15. The maximum absolute atomic E-state index is 4.59. The molecule has 0 radical (unpaired) electrons. The molecule has 0 aliphatic carbocycles. The summed E-state index contributed by atoms with van der Waals surface area (Å²) >= 11 is 1.74. The Bertz CT molecular complexity index is 669. The van der Waals surface area contributed by atoms with Crippen molar-refractivity contribution in [2.24, 2.45) is 4.99 Å². The summed E-state index contributed by atoms with van der Waals surface area (Å²) in [7, 11) is 1.81. The fourth-order valence-electron chi connectivity index (χ4n) is 2.50. The van der Waals surface area contributed by atoms with Crippen molar-refractivity contribution in [1.82, 2.24) is 15.6 Å². The Kier molecular flexibility index (Phi) is 10.0. The number of rotatable bonds is 7.